The van der Waals surface area contributed by atoms with Crippen LogP contribution in [0.4, 0.5) is 0 Å². The molecule has 1 heterocycles. The Hall–Kier alpha value is -1.22. The van der Waals surface area contributed by atoms with Gasteiger partial charge in [0.05, 0.1) is 14.2 Å². The molecule has 2 aliphatic rings. The lowest BCUT2D eigenvalue weighted by Crippen LogP contribution is -2.31. The van der Waals surface area contributed by atoms with Crippen molar-refractivity contribution >= 4 is 0 Å². The van der Waals surface area contributed by atoms with Gasteiger partial charge in [0.25, 0.3) is 0 Å². The maximum Gasteiger partial charge on any atom is 0.124 e. The highest BCUT2D eigenvalue weighted by molar-refractivity contribution is 5.52. The van der Waals surface area contributed by atoms with Gasteiger partial charge in [-0.3, -0.25) is 0 Å². The summed E-state index contributed by atoms with van der Waals surface area (Å²) in [4.78, 5) is 0. The van der Waals surface area contributed by atoms with Crippen molar-refractivity contribution in [1.82, 2.24) is 5.32 Å². The molecule has 1 aromatic carbocycles. The van der Waals surface area contributed by atoms with Crippen LogP contribution in [-0.4, -0.2) is 20.8 Å². The maximum atomic E-state index is 5.52. The van der Waals surface area contributed by atoms with Crippen LogP contribution < -0.4 is 14.8 Å². The molecule has 0 amide bonds. The minimum absolute atomic E-state index is 0.462. The Morgan fingerprint density at radius 1 is 1.12 bits per heavy atom. The second-order valence-corrected chi connectivity index (χ2v) is 4.88. The van der Waals surface area contributed by atoms with Gasteiger partial charge < -0.3 is 14.8 Å². The first kappa shape index (κ1) is 10.9. The summed E-state index contributed by atoms with van der Waals surface area (Å²) in [6.07, 6.45) is 3.69. The molecule has 3 nitrogen and oxygen atoms in total. The van der Waals surface area contributed by atoms with Crippen LogP contribution in [0.3, 0.4) is 0 Å². The fourth-order valence-electron chi connectivity index (χ4n) is 2.88. The number of nitrogens with one attached hydrogen (secondary N) is 1. The number of benzene rings is 1. The normalized spacial score (nSPS) is 23.1. The Bertz CT molecular complexity index is 426. The molecule has 0 radical (unpaired) electrons. The Morgan fingerprint density at radius 3 is 2.47 bits per heavy atom. The fourth-order valence-corrected chi connectivity index (χ4v) is 2.88. The fraction of sp³-hybridized carbons (Fsp3) is 0.571. The molecule has 1 saturated carbocycles. The summed E-state index contributed by atoms with van der Waals surface area (Å²) in [5, 5.41) is 3.63. The average molecular weight is 233 g/mol. The molecule has 3 heteroatoms. The van der Waals surface area contributed by atoms with Gasteiger partial charge >= 0.3 is 0 Å². The predicted molar refractivity (Wildman–Crippen MR) is 66.7 cm³/mol. The van der Waals surface area contributed by atoms with E-state index in [1.807, 2.05) is 12.1 Å². The van der Waals surface area contributed by atoms with Crippen molar-refractivity contribution in [3.8, 4) is 11.5 Å². The molecule has 0 bridgehead atoms. The van der Waals surface area contributed by atoms with Crippen molar-refractivity contribution in [2.75, 3.05) is 20.8 Å². The zero-order valence-electron chi connectivity index (χ0n) is 10.5. The van der Waals surface area contributed by atoms with E-state index in [0.29, 0.717) is 6.04 Å². The highest BCUT2D eigenvalue weighted by atomic mass is 16.5. The monoisotopic (exact) mass is 233 g/mol. The summed E-state index contributed by atoms with van der Waals surface area (Å²) in [7, 11) is 3.50. The summed E-state index contributed by atoms with van der Waals surface area (Å²) in [6, 6.07) is 4.51. The molecule has 92 valence electrons. The van der Waals surface area contributed by atoms with Gasteiger partial charge in [-0.1, -0.05) is 0 Å². The van der Waals surface area contributed by atoms with Gasteiger partial charge in [0.2, 0.25) is 0 Å². The largest absolute Gasteiger partial charge is 0.496 e. The van der Waals surface area contributed by atoms with Crippen molar-refractivity contribution in [2.24, 2.45) is 5.92 Å². The lowest BCUT2D eigenvalue weighted by molar-refractivity contribution is 0.366. The zero-order valence-corrected chi connectivity index (χ0v) is 10.5. The molecular formula is C14H19NO2. The van der Waals surface area contributed by atoms with E-state index in [9.17, 15) is 0 Å². The average Bonchev–Trinajstić information content (AvgIpc) is 3.21. The number of ether oxygens (including phenoxy) is 2. The molecule has 1 N–H and O–H groups in total. The van der Waals surface area contributed by atoms with E-state index in [0.717, 1.165) is 30.4 Å². The summed E-state index contributed by atoms with van der Waals surface area (Å²) in [6.45, 7) is 1.04. The highest BCUT2D eigenvalue weighted by Crippen LogP contribution is 2.47. The number of hydrogen-bond acceptors (Lipinski definition) is 3. The number of hydrogen-bond donors (Lipinski definition) is 1. The van der Waals surface area contributed by atoms with Crippen LogP contribution in [-0.2, 0) is 6.42 Å². The van der Waals surface area contributed by atoms with Crippen molar-refractivity contribution < 1.29 is 9.47 Å². The van der Waals surface area contributed by atoms with E-state index in [4.69, 9.17) is 9.47 Å². The third-order valence-electron chi connectivity index (χ3n) is 3.86. The third-order valence-corrected chi connectivity index (χ3v) is 3.86. The number of rotatable bonds is 3. The highest BCUT2D eigenvalue weighted by Gasteiger charge is 2.37. The first-order valence-corrected chi connectivity index (χ1v) is 6.32. The first-order valence-electron chi connectivity index (χ1n) is 6.32. The molecular weight excluding hydrogens is 214 g/mol. The van der Waals surface area contributed by atoms with Crippen LogP contribution >= 0.6 is 0 Å². The molecule has 0 saturated heterocycles. The molecule has 0 spiro atoms. The summed E-state index contributed by atoms with van der Waals surface area (Å²) in [5.41, 5.74) is 2.67. The molecule has 1 unspecified atom stereocenters. The van der Waals surface area contributed by atoms with Gasteiger partial charge in [-0.25, -0.2) is 0 Å². The molecule has 1 fully saturated rings. The second-order valence-electron chi connectivity index (χ2n) is 4.88. The molecule has 1 aliphatic carbocycles. The molecule has 0 aromatic heterocycles. The molecule has 1 aliphatic heterocycles. The standard InChI is InChI=1S/C14H19NO2/c1-16-11-5-6-12(17-2)13-10(11)7-8-15-14(13)9-3-4-9/h5-6,9,14-15H,3-4,7-8H2,1-2H3. The van der Waals surface area contributed by atoms with E-state index in [2.05, 4.69) is 5.32 Å². The van der Waals surface area contributed by atoms with E-state index >= 15 is 0 Å². The maximum absolute atomic E-state index is 5.52. The van der Waals surface area contributed by atoms with E-state index in [1.54, 1.807) is 14.2 Å². The Kier molecular flexibility index (Phi) is 2.71. The number of fused-ring (bicyclic) bond motifs is 1. The van der Waals surface area contributed by atoms with Crippen molar-refractivity contribution in [2.45, 2.75) is 25.3 Å². The van der Waals surface area contributed by atoms with E-state index < -0.39 is 0 Å². The summed E-state index contributed by atoms with van der Waals surface area (Å²) in [5.74, 6) is 2.80. The molecule has 17 heavy (non-hydrogen) atoms. The van der Waals surface area contributed by atoms with Gasteiger partial charge in [-0.05, 0) is 43.9 Å². The Morgan fingerprint density at radius 2 is 1.82 bits per heavy atom. The van der Waals surface area contributed by atoms with E-state index in [-0.39, 0.29) is 0 Å². The third kappa shape index (κ3) is 1.78. The first-order chi connectivity index (χ1) is 8.35. The minimum atomic E-state index is 0.462. The van der Waals surface area contributed by atoms with Crippen LogP contribution in [0.25, 0.3) is 0 Å². The summed E-state index contributed by atoms with van der Waals surface area (Å²) >= 11 is 0. The minimum Gasteiger partial charge on any atom is -0.496 e. The van der Waals surface area contributed by atoms with Gasteiger partial charge in [-0.15, -0.1) is 0 Å². The SMILES string of the molecule is COc1ccc(OC)c2c1CCNC2C1CC1. The topological polar surface area (TPSA) is 30.5 Å². The quantitative estimate of drug-likeness (QED) is 0.869. The van der Waals surface area contributed by atoms with Crippen molar-refractivity contribution in [3.05, 3.63) is 23.3 Å². The van der Waals surface area contributed by atoms with Crippen molar-refractivity contribution in [1.29, 1.82) is 0 Å². The Labute approximate surface area is 102 Å². The Balaban J connectivity index is 2.10. The van der Waals surface area contributed by atoms with Crippen LogP contribution in [0.2, 0.25) is 0 Å². The summed E-state index contributed by atoms with van der Waals surface area (Å²) < 4.78 is 11.0. The number of methoxy groups -OCH3 is 2. The van der Waals surface area contributed by atoms with Gasteiger partial charge in [0, 0.05) is 17.2 Å². The van der Waals surface area contributed by atoms with Gasteiger partial charge in [-0.2, -0.15) is 0 Å². The van der Waals surface area contributed by atoms with Crippen LogP contribution in [0.5, 0.6) is 11.5 Å². The van der Waals surface area contributed by atoms with Crippen molar-refractivity contribution in [3.63, 3.8) is 0 Å². The smallest absolute Gasteiger partial charge is 0.124 e. The molecule has 1 atom stereocenters. The lowest BCUT2D eigenvalue weighted by atomic mass is 9.90. The van der Waals surface area contributed by atoms with Gasteiger partial charge in [0.15, 0.2) is 0 Å². The predicted octanol–water partition coefficient (Wildman–Crippen LogP) is 2.30. The van der Waals surface area contributed by atoms with Crippen LogP contribution in [0.1, 0.15) is 30.0 Å². The van der Waals surface area contributed by atoms with Crippen LogP contribution in [0, 0.1) is 5.92 Å². The second kappa shape index (κ2) is 4.22. The van der Waals surface area contributed by atoms with Gasteiger partial charge in [0.1, 0.15) is 11.5 Å². The van der Waals surface area contributed by atoms with E-state index in [1.165, 1.54) is 24.0 Å². The molecule has 1 aromatic rings. The van der Waals surface area contributed by atoms with Crippen LogP contribution in [0.15, 0.2) is 12.1 Å². The molecule has 3 rings (SSSR count). The zero-order chi connectivity index (χ0) is 11.8. The lowest BCUT2D eigenvalue weighted by Gasteiger charge is -2.29.